The van der Waals surface area contributed by atoms with Gasteiger partial charge in [0, 0.05) is 24.1 Å². The number of nitrogens with one attached hydrogen (secondary N) is 1. The molecule has 1 unspecified atom stereocenters. The van der Waals surface area contributed by atoms with E-state index in [2.05, 4.69) is 20.5 Å². The van der Waals surface area contributed by atoms with Gasteiger partial charge in [0.15, 0.2) is 5.71 Å². The van der Waals surface area contributed by atoms with E-state index in [1.165, 1.54) is 17.9 Å². The Kier molecular flexibility index (Phi) is 5.66. The molecule has 1 aliphatic carbocycles. The van der Waals surface area contributed by atoms with Gasteiger partial charge in [0.2, 0.25) is 0 Å². The first kappa shape index (κ1) is 21.6. The molecular weight excluding hydrogens is 414 g/mol. The maximum atomic E-state index is 13.0. The Bertz CT molecular complexity index is 1150. The van der Waals surface area contributed by atoms with E-state index < -0.39 is 0 Å². The highest BCUT2D eigenvalue weighted by molar-refractivity contribution is 6.71. The van der Waals surface area contributed by atoms with E-state index in [0.29, 0.717) is 17.3 Å². The van der Waals surface area contributed by atoms with Crippen LogP contribution in [0.4, 0.5) is 11.4 Å². The summed E-state index contributed by atoms with van der Waals surface area (Å²) in [5.41, 5.74) is 8.15. The van der Waals surface area contributed by atoms with Crippen molar-refractivity contribution >= 4 is 28.7 Å². The lowest BCUT2D eigenvalue weighted by atomic mass is 9.89. The summed E-state index contributed by atoms with van der Waals surface area (Å²) in [4.78, 5) is 15.6. The van der Waals surface area contributed by atoms with Crippen LogP contribution >= 0.6 is 0 Å². The summed E-state index contributed by atoms with van der Waals surface area (Å²) < 4.78 is 0. The number of piperidine rings is 1. The summed E-state index contributed by atoms with van der Waals surface area (Å²) in [6.45, 7) is 7.97. The van der Waals surface area contributed by atoms with Gasteiger partial charge in [-0.05, 0) is 82.3 Å². The number of aryl methyl sites for hydroxylation is 2. The predicted molar refractivity (Wildman–Crippen MR) is 132 cm³/mol. The number of benzene rings is 2. The van der Waals surface area contributed by atoms with Gasteiger partial charge in [-0.15, -0.1) is 0 Å². The third-order valence-electron chi connectivity index (χ3n) is 7.03. The molecule has 0 aromatic heterocycles. The Morgan fingerprint density at radius 3 is 2.67 bits per heavy atom. The summed E-state index contributed by atoms with van der Waals surface area (Å²) in [5.74, 6) is 0.243. The number of rotatable bonds is 5. The molecule has 0 radical (unpaired) electrons. The number of hydrogen-bond acceptors (Lipinski definition) is 6. The van der Waals surface area contributed by atoms with E-state index in [9.17, 15) is 9.90 Å². The van der Waals surface area contributed by atoms with Crippen LogP contribution in [0.15, 0.2) is 46.6 Å². The standard InChI is InChI=1S/C26H31N5O2/c1-16-9-10-21(14-17(16)2)31-26(33)24(18(3)29-31)28-27-23-8-4-7-22(25(23)32)19-6-5-13-30(15-19)20-11-12-20/h4,7-10,14,19-20,27,32H,5-6,11-13,15H2,1-3H3. The molecule has 5 rings (SSSR count). The van der Waals surface area contributed by atoms with Crippen molar-refractivity contribution in [2.24, 2.45) is 10.2 Å². The molecule has 0 bridgehead atoms. The van der Waals surface area contributed by atoms with Crippen LogP contribution in [0, 0.1) is 13.8 Å². The van der Waals surface area contributed by atoms with Crippen LogP contribution in [0.5, 0.6) is 5.75 Å². The van der Waals surface area contributed by atoms with Crippen molar-refractivity contribution < 1.29 is 9.90 Å². The topological polar surface area (TPSA) is 80.5 Å². The Labute approximate surface area is 194 Å². The molecule has 1 saturated heterocycles. The van der Waals surface area contributed by atoms with E-state index in [-0.39, 0.29) is 17.4 Å². The van der Waals surface area contributed by atoms with E-state index in [1.807, 2.05) is 44.2 Å². The number of aromatic hydroxyl groups is 1. The predicted octanol–water partition coefficient (Wildman–Crippen LogP) is 4.54. The lowest BCUT2D eigenvalue weighted by Crippen LogP contribution is -2.36. The number of carbonyl (C=O) groups is 1. The molecule has 2 heterocycles. The fourth-order valence-corrected chi connectivity index (χ4v) is 4.79. The number of hydrazone groups is 2. The zero-order valence-corrected chi connectivity index (χ0v) is 19.5. The van der Waals surface area contributed by atoms with Gasteiger partial charge in [-0.25, -0.2) is 0 Å². The van der Waals surface area contributed by atoms with E-state index in [0.717, 1.165) is 54.4 Å². The lowest BCUT2D eigenvalue weighted by molar-refractivity contribution is -0.112. The molecule has 2 aliphatic heterocycles. The third kappa shape index (κ3) is 4.25. The molecule has 2 aromatic carbocycles. The largest absolute Gasteiger partial charge is 0.505 e. The Hall–Kier alpha value is -3.19. The maximum absolute atomic E-state index is 13.0. The molecule has 3 aliphatic rings. The van der Waals surface area contributed by atoms with Crippen LogP contribution < -0.4 is 10.4 Å². The van der Waals surface area contributed by atoms with E-state index in [1.54, 1.807) is 13.0 Å². The molecular formula is C26H31N5O2. The molecule has 2 N–H and O–H groups in total. The van der Waals surface area contributed by atoms with Gasteiger partial charge < -0.3 is 5.11 Å². The summed E-state index contributed by atoms with van der Waals surface area (Å²) in [6.07, 6.45) is 4.82. The third-order valence-corrected chi connectivity index (χ3v) is 7.03. The second-order valence-electron chi connectivity index (χ2n) is 9.45. The van der Waals surface area contributed by atoms with Crippen LogP contribution in [0.3, 0.4) is 0 Å². The fourth-order valence-electron chi connectivity index (χ4n) is 4.79. The average Bonchev–Trinajstić information content (AvgIpc) is 3.62. The van der Waals surface area contributed by atoms with Crippen LogP contribution in [0.2, 0.25) is 0 Å². The molecule has 172 valence electrons. The molecule has 1 atom stereocenters. The minimum absolute atomic E-state index is 0.218. The molecule has 1 amide bonds. The molecule has 2 fully saturated rings. The average molecular weight is 446 g/mol. The molecule has 7 heteroatoms. The van der Waals surface area contributed by atoms with Gasteiger partial charge in [-0.2, -0.15) is 15.2 Å². The van der Waals surface area contributed by atoms with Gasteiger partial charge in [-0.1, -0.05) is 18.2 Å². The first-order chi connectivity index (χ1) is 15.9. The normalized spacial score (nSPS) is 22.7. The van der Waals surface area contributed by atoms with Crippen molar-refractivity contribution in [1.82, 2.24) is 4.90 Å². The highest BCUT2D eigenvalue weighted by Crippen LogP contribution is 2.39. The van der Waals surface area contributed by atoms with Crippen LogP contribution in [0.25, 0.3) is 0 Å². The number of anilines is 2. The number of likely N-dealkylation sites (tertiary alicyclic amines) is 1. The van der Waals surface area contributed by atoms with Gasteiger partial charge >= 0.3 is 5.91 Å². The lowest BCUT2D eigenvalue weighted by Gasteiger charge is -2.33. The minimum Gasteiger partial charge on any atom is -0.505 e. The SMILES string of the molecule is CC1=NN(c2ccc(C)c(C)c2)C(=O)C1=NNc1cccc(C2CCCN(C3CC3)C2)c1O. The Morgan fingerprint density at radius 2 is 1.91 bits per heavy atom. The van der Waals surface area contributed by atoms with Gasteiger partial charge in [-0.3, -0.25) is 15.1 Å². The van der Waals surface area contributed by atoms with Gasteiger partial charge in [0.1, 0.15) is 5.75 Å². The highest BCUT2D eigenvalue weighted by Gasteiger charge is 2.34. The number of phenols is 1. The summed E-state index contributed by atoms with van der Waals surface area (Å²) in [6, 6.07) is 12.3. The second kappa shape index (κ2) is 8.63. The van der Waals surface area contributed by atoms with Crippen molar-refractivity contribution in [3.8, 4) is 5.75 Å². The minimum atomic E-state index is -0.286. The molecule has 0 spiro atoms. The van der Waals surface area contributed by atoms with Crippen molar-refractivity contribution in [3.05, 3.63) is 53.1 Å². The smallest absolute Gasteiger partial charge is 0.301 e. The number of hydrogen-bond donors (Lipinski definition) is 2. The molecule has 1 saturated carbocycles. The zero-order chi connectivity index (χ0) is 23.1. The number of phenolic OH excluding ortho intramolecular Hbond substituents is 1. The second-order valence-corrected chi connectivity index (χ2v) is 9.45. The molecule has 33 heavy (non-hydrogen) atoms. The van der Waals surface area contributed by atoms with Crippen molar-refractivity contribution in [2.45, 2.75) is 58.4 Å². The number of para-hydroxylation sites is 1. The number of nitrogens with zero attached hydrogens (tertiary/aromatic N) is 4. The first-order valence-corrected chi connectivity index (χ1v) is 11.8. The Balaban J connectivity index is 1.34. The Morgan fingerprint density at radius 1 is 1.09 bits per heavy atom. The van der Waals surface area contributed by atoms with Crippen molar-refractivity contribution in [1.29, 1.82) is 0 Å². The van der Waals surface area contributed by atoms with Crippen LogP contribution in [0.1, 0.15) is 55.2 Å². The fraction of sp³-hybridized carbons (Fsp3) is 0.423. The van der Waals surface area contributed by atoms with Crippen molar-refractivity contribution in [3.63, 3.8) is 0 Å². The number of carbonyl (C=O) groups excluding carboxylic acids is 1. The molecule has 7 nitrogen and oxygen atoms in total. The maximum Gasteiger partial charge on any atom is 0.301 e. The van der Waals surface area contributed by atoms with E-state index >= 15 is 0 Å². The number of amides is 1. The van der Waals surface area contributed by atoms with Crippen LogP contribution in [-0.2, 0) is 4.79 Å². The highest BCUT2D eigenvalue weighted by atomic mass is 16.3. The zero-order valence-electron chi connectivity index (χ0n) is 19.5. The quantitative estimate of drug-likeness (QED) is 0.523. The summed E-state index contributed by atoms with van der Waals surface area (Å²) in [5, 5.41) is 21.1. The molecule has 2 aromatic rings. The summed E-state index contributed by atoms with van der Waals surface area (Å²) >= 11 is 0. The van der Waals surface area contributed by atoms with Gasteiger partial charge in [0.25, 0.3) is 0 Å². The monoisotopic (exact) mass is 445 g/mol. The summed E-state index contributed by atoms with van der Waals surface area (Å²) in [7, 11) is 0. The van der Waals surface area contributed by atoms with E-state index in [4.69, 9.17) is 0 Å². The van der Waals surface area contributed by atoms with Gasteiger partial charge in [0.05, 0.1) is 17.1 Å². The van der Waals surface area contributed by atoms with Crippen LogP contribution in [-0.4, -0.2) is 46.5 Å². The first-order valence-electron chi connectivity index (χ1n) is 11.8. The van der Waals surface area contributed by atoms with Crippen molar-refractivity contribution in [2.75, 3.05) is 23.5 Å².